The predicted octanol–water partition coefficient (Wildman–Crippen LogP) is 2.14. The molecule has 5 nitrogen and oxygen atoms in total. The molecule has 1 aliphatic rings. The Bertz CT molecular complexity index is 579. The standard InChI is InChI=1S/C16H21N3O2/c1-12-9-14(18-21-12)11-19-8-7-17-10-16(19)13-3-5-15(20-2)6-4-13/h3-6,9,16-17H,7-8,10-11H2,1-2H3. The number of hydrogen-bond donors (Lipinski definition) is 1. The van der Waals surface area contributed by atoms with Crippen molar-refractivity contribution in [2.75, 3.05) is 26.7 Å². The summed E-state index contributed by atoms with van der Waals surface area (Å²) in [5.41, 5.74) is 2.29. The summed E-state index contributed by atoms with van der Waals surface area (Å²) in [5.74, 6) is 1.75. The molecule has 1 saturated heterocycles. The molecule has 1 atom stereocenters. The average molecular weight is 287 g/mol. The van der Waals surface area contributed by atoms with Crippen LogP contribution in [0.1, 0.15) is 23.1 Å². The number of ether oxygens (including phenoxy) is 1. The van der Waals surface area contributed by atoms with Crippen LogP contribution in [-0.4, -0.2) is 36.8 Å². The van der Waals surface area contributed by atoms with E-state index < -0.39 is 0 Å². The van der Waals surface area contributed by atoms with Crippen molar-refractivity contribution in [3.05, 3.63) is 47.3 Å². The van der Waals surface area contributed by atoms with Crippen molar-refractivity contribution in [3.8, 4) is 5.75 Å². The van der Waals surface area contributed by atoms with E-state index in [-0.39, 0.29) is 0 Å². The zero-order valence-electron chi connectivity index (χ0n) is 12.5. The summed E-state index contributed by atoms with van der Waals surface area (Å²) in [7, 11) is 1.69. The molecule has 3 rings (SSSR count). The van der Waals surface area contributed by atoms with Gasteiger partial charge in [0.15, 0.2) is 0 Å². The quantitative estimate of drug-likeness (QED) is 0.933. The highest BCUT2D eigenvalue weighted by atomic mass is 16.5. The van der Waals surface area contributed by atoms with E-state index in [9.17, 15) is 0 Å². The number of piperazine rings is 1. The van der Waals surface area contributed by atoms with Crippen molar-refractivity contribution < 1.29 is 9.26 Å². The molecule has 0 spiro atoms. The summed E-state index contributed by atoms with van der Waals surface area (Å²) >= 11 is 0. The van der Waals surface area contributed by atoms with Gasteiger partial charge in [-0.25, -0.2) is 0 Å². The van der Waals surface area contributed by atoms with Gasteiger partial charge in [-0.05, 0) is 24.6 Å². The molecule has 0 radical (unpaired) electrons. The Kier molecular flexibility index (Phi) is 4.22. The average Bonchev–Trinajstić information content (AvgIpc) is 2.93. The third-order valence-electron chi connectivity index (χ3n) is 3.90. The van der Waals surface area contributed by atoms with Crippen LogP contribution < -0.4 is 10.1 Å². The van der Waals surface area contributed by atoms with Gasteiger partial charge in [0.2, 0.25) is 0 Å². The minimum atomic E-state index is 0.349. The van der Waals surface area contributed by atoms with Crippen molar-refractivity contribution in [3.63, 3.8) is 0 Å². The smallest absolute Gasteiger partial charge is 0.133 e. The lowest BCUT2D eigenvalue weighted by atomic mass is 10.0. The van der Waals surface area contributed by atoms with Crippen LogP contribution in [0, 0.1) is 6.92 Å². The highest BCUT2D eigenvalue weighted by Crippen LogP contribution is 2.25. The molecule has 1 aromatic heterocycles. The van der Waals surface area contributed by atoms with E-state index in [1.54, 1.807) is 7.11 Å². The second-order valence-electron chi connectivity index (χ2n) is 5.39. The van der Waals surface area contributed by atoms with E-state index in [0.29, 0.717) is 6.04 Å². The summed E-state index contributed by atoms with van der Waals surface area (Å²) in [6.45, 7) is 5.69. The van der Waals surface area contributed by atoms with E-state index in [2.05, 4.69) is 27.5 Å². The molecule has 0 bridgehead atoms. The summed E-state index contributed by atoms with van der Waals surface area (Å²) in [4.78, 5) is 2.44. The fraction of sp³-hybridized carbons (Fsp3) is 0.438. The third kappa shape index (κ3) is 3.25. The van der Waals surface area contributed by atoms with Crippen LogP contribution in [-0.2, 0) is 6.54 Å². The Labute approximate surface area is 124 Å². The van der Waals surface area contributed by atoms with Gasteiger partial charge in [0.1, 0.15) is 11.5 Å². The van der Waals surface area contributed by atoms with Crippen molar-refractivity contribution in [2.45, 2.75) is 19.5 Å². The van der Waals surface area contributed by atoms with Crippen LogP contribution in [0.25, 0.3) is 0 Å². The summed E-state index contributed by atoms with van der Waals surface area (Å²) in [6.07, 6.45) is 0. The Hall–Kier alpha value is -1.85. The molecular weight excluding hydrogens is 266 g/mol. The van der Waals surface area contributed by atoms with Crippen molar-refractivity contribution >= 4 is 0 Å². The van der Waals surface area contributed by atoms with E-state index in [0.717, 1.165) is 43.4 Å². The Morgan fingerprint density at radius 1 is 1.38 bits per heavy atom. The Morgan fingerprint density at radius 2 is 2.19 bits per heavy atom. The SMILES string of the molecule is COc1ccc(C2CNCCN2Cc2cc(C)on2)cc1. The fourth-order valence-corrected chi connectivity index (χ4v) is 2.79. The van der Waals surface area contributed by atoms with Gasteiger partial charge in [-0.3, -0.25) is 4.90 Å². The molecule has 0 saturated carbocycles. The Balaban J connectivity index is 1.76. The van der Waals surface area contributed by atoms with E-state index >= 15 is 0 Å². The number of rotatable bonds is 4. The first-order valence-electron chi connectivity index (χ1n) is 7.27. The first-order valence-corrected chi connectivity index (χ1v) is 7.27. The van der Waals surface area contributed by atoms with Crippen LogP contribution in [0.5, 0.6) is 5.75 Å². The highest BCUT2D eigenvalue weighted by Gasteiger charge is 2.24. The zero-order valence-corrected chi connectivity index (χ0v) is 12.5. The molecule has 1 aliphatic heterocycles. The summed E-state index contributed by atoms with van der Waals surface area (Å²) < 4.78 is 10.4. The third-order valence-corrected chi connectivity index (χ3v) is 3.90. The molecule has 5 heteroatoms. The minimum Gasteiger partial charge on any atom is -0.497 e. The highest BCUT2D eigenvalue weighted by molar-refractivity contribution is 5.29. The normalized spacial score (nSPS) is 19.6. The molecule has 0 aliphatic carbocycles. The van der Waals surface area contributed by atoms with Gasteiger partial charge in [0.05, 0.1) is 12.8 Å². The van der Waals surface area contributed by atoms with Crippen LogP contribution in [0.4, 0.5) is 0 Å². The minimum absolute atomic E-state index is 0.349. The number of nitrogens with one attached hydrogen (secondary N) is 1. The molecule has 21 heavy (non-hydrogen) atoms. The lowest BCUT2D eigenvalue weighted by Crippen LogP contribution is -2.45. The number of aryl methyl sites for hydroxylation is 1. The maximum atomic E-state index is 5.23. The molecule has 2 heterocycles. The molecule has 2 aromatic rings. The lowest BCUT2D eigenvalue weighted by Gasteiger charge is -2.36. The van der Waals surface area contributed by atoms with E-state index in [1.165, 1.54) is 5.56 Å². The van der Waals surface area contributed by atoms with Crippen LogP contribution in [0.3, 0.4) is 0 Å². The summed E-state index contributed by atoms with van der Waals surface area (Å²) in [5, 5.41) is 7.57. The lowest BCUT2D eigenvalue weighted by molar-refractivity contribution is 0.150. The van der Waals surface area contributed by atoms with Gasteiger partial charge in [0, 0.05) is 38.3 Å². The number of benzene rings is 1. The van der Waals surface area contributed by atoms with Crippen molar-refractivity contribution in [1.29, 1.82) is 0 Å². The number of nitrogens with zero attached hydrogens (tertiary/aromatic N) is 2. The molecular formula is C16H21N3O2. The second-order valence-corrected chi connectivity index (χ2v) is 5.39. The van der Waals surface area contributed by atoms with Crippen molar-refractivity contribution in [1.82, 2.24) is 15.4 Å². The van der Waals surface area contributed by atoms with Crippen LogP contribution in [0.15, 0.2) is 34.9 Å². The van der Waals surface area contributed by atoms with E-state index in [1.807, 2.05) is 25.1 Å². The first kappa shape index (κ1) is 14.1. The number of methoxy groups -OCH3 is 1. The number of hydrogen-bond acceptors (Lipinski definition) is 5. The van der Waals surface area contributed by atoms with Gasteiger partial charge in [0.25, 0.3) is 0 Å². The van der Waals surface area contributed by atoms with Gasteiger partial charge in [-0.1, -0.05) is 17.3 Å². The molecule has 1 fully saturated rings. The number of aromatic nitrogens is 1. The molecule has 0 amide bonds. The first-order chi connectivity index (χ1) is 10.3. The van der Waals surface area contributed by atoms with Crippen LogP contribution >= 0.6 is 0 Å². The second kappa shape index (κ2) is 6.28. The van der Waals surface area contributed by atoms with Crippen molar-refractivity contribution in [2.24, 2.45) is 0 Å². The maximum absolute atomic E-state index is 5.23. The zero-order chi connectivity index (χ0) is 14.7. The van der Waals surface area contributed by atoms with Gasteiger partial charge in [-0.2, -0.15) is 0 Å². The fourth-order valence-electron chi connectivity index (χ4n) is 2.79. The van der Waals surface area contributed by atoms with Crippen LogP contribution in [0.2, 0.25) is 0 Å². The van der Waals surface area contributed by atoms with E-state index in [4.69, 9.17) is 9.26 Å². The van der Waals surface area contributed by atoms with Gasteiger partial charge < -0.3 is 14.6 Å². The topological polar surface area (TPSA) is 50.5 Å². The van der Waals surface area contributed by atoms with Gasteiger partial charge >= 0.3 is 0 Å². The predicted molar refractivity (Wildman–Crippen MR) is 80.3 cm³/mol. The molecule has 1 aromatic carbocycles. The molecule has 1 unspecified atom stereocenters. The van der Waals surface area contributed by atoms with Gasteiger partial charge in [-0.15, -0.1) is 0 Å². The molecule has 112 valence electrons. The monoisotopic (exact) mass is 287 g/mol. The summed E-state index contributed by atoms with van der Waals surface area (Å²) in [6, 6.07) is 10.7. The maximum Gasteiger partial charge on any atom is 0.133 e. The Morgan fingerprint density at radius 3 is 2.86 bits per heavy atom. The largest absolute Gasteiger partial charge is 0.497 e. The molecule has 1 N–H and O–H groups in total.